The smallest absolute Gasteiger partial charge is 0.267 e. The molecule has 1 fully saturated rings. The number of amides is 1. The number of ether oxygens (including phenoxy) is 1. The van der Waals surface area contributed by atoms with Crippen LogP contribution in [0.4, 0.5) is 10.1 Å². The number of carbonyl (C=O) groups is 1. The first-order valence-corrected chi connectivity index (χ1v) is 10.1. The molecule has 31 heavy (non-hydrogen) atoms. The second-order valence-corrected chi connectivity index (χ2v) is 7.23. The summed E-state index contributed by atoms with van der Waals surface area (Å²) in [6, 6.07) is 17.0. The number of rotatable bonds is 5. The summed E-state index contributed by atoms with van der Waals surface area (Å²) in [5.74, 6) is 0.168. The van der Waals surface area contributed by atoms with Crippen LogP contribution in [0.1, 0.15) is 0 Å². The van der Waals surface area contributed by atoms with E-state index in [1.54, 1.807) is 36.3 Å². The van der Waals surface area contributed by atoms with Crippen LogP contribution in [-0.4, -0.2) is 53.9 Å². The van der Waals surface area contributed by atoms with Crippen LogP contribution in [0.5, 0.6) is 5.75 Å². The van der Waals surface area contributed by atoms with Crippen molar-refractivity contribution < 1.29 is 13.9 Å². The summed E-state index contributed by atoms with van der Waals surface area (Å²) >= 11 is 0. The molecule has 1 aromatic heterocycles. The number of aromatic nitrogens is 2. The van der Waals surface area contributed by atoms with Crippen molar-refractivity contribution in [3.05, 3.63) is 76.8 Å². The number of hydrogen-bond acceptors (Lipinski definition) is 5. The average Bonchev–Trinajstić information content (AvgIpc) is 2.81. The molecule has 160 valence electrons. The first-order chi connectivity index (χ1) is 15.1. The van der Waals surface area contributed by atoms with Gasteiger partial charge in [0.15, 0.2) is 0 Å². The van der Waals surface area contributed by atoms with E-state index in [0.29, 0.717) is 43.3 Å². The van der Waals surface area contributed by atoms with E-state index in [1.165, 1.54) is 16.8 Å². The average molecular weight is 422 g/mol. The van der Waals surface area contributed by atoms with Gasteiger partial charge in [-0.3, -0.25) is 9.59 Å². The second kappa shape index (κ2) is 8.99. The van der Waals surface area contributed by atoms with Crippen molar-refractivity contribution in [2.75, 3.05) is 38.2 Å². The fourth-order valence-electron chi connectivity index (χ4n) is 3.70. The maximum Gasteiger partial charge on any atom is 0.267 e. The van der Waals surface area contributed by atoms with E-state index >= 15 is 0 Å². The van der Waals surface area contributed by atoms with Gasteiger partial charge in [-0.15, -0.1) is 0 Å². The number of nitrogens with zero attached hydrogens (tertiary/aromatic N) is 4. The lowest BCUT2D eigenvalue weighted by molar-refractivity contribution is -0.132. The topological polar surface area (TPSA) is 67.7 Å². The summed E-state index contributed by atoms with van der Waals surface area (Å²) in [5.41, 5.74) is 1.48. The third kappa shape index (κ3) is 4.42. The number of benzene rings is 2. The zero-order valence-electron chi connectivity index (χ0n) is 17.2. The minimum atomic E-state index is -0.350. The predicted octanol–water partition coefficient (Wildman–Crippen LogP) is 2.41. The van der Waals surface area contributed by atoms with Gasteiger partial charge in [-0.05, 0) is 30.3 Å². The molecule has 0 N–H and O–H groups in total. The Kier molecular flexibility index (Phi) is 5.97. The maximum absolute atomic E-state index is 14.0. The molecule has 0 radical (unpaired) electrons. The highest BCUT2D eigenvalue weighted by atomic mass is 19.1. The minimum Gasteiger partial charge on any atom is -0.496 e. The lowest BCUT2D eigenvalue weighted by atomic mass is 10.1. The Morgan fingerprint density at radius 3 is 2.45 bits per heavy atom. The normalized spacial score (nSPS) is 13.9. The van der Waals surface area contributed by atoms with E-state index in [1.807, 2.05) is 29.2 Å². The Balaban J connectivity index is 1.46. The van der Waals surface area contributed by atoms with E-state index < -0.39 is 0 Å². The predicted molar refractivity (Wildman–Crippen MR) is 116 cm³/mol. The molecule has 0 saturated carbocycles. The van der Waals surface area contributed by atoms with Crippen molar-refractivity contribution in [1.29, 1.82) is 0 Å². The van der Waals surface area contributed by atoms with Crippen LogP contribution in [-0.2, 0) is 11.3 Å². The largest absolute Gasteiger partial charge is 0.496 e. The molecule has 1 aliphatic heterocycles. The number of anilines is 1. The Bertz CT molecular complexity index is 1140. The lowest BCUT2D eigenvalue weighted by Gasteiger charge is -2.36. The molecule has 4 rings (SSSR count). The van der Waals surface area contributed by atoms with E-state index in [4.69, 9.17) is 4.74 Å². The van der Waals surface area contributed by atoms with Gasteiger partial charge in [-0.25, -0.2) is 9.07 Å². The number of carbonyl (C=O) groups excluding carboxylic acids is 1. The number of para-hydroxylation sites is 2. The van der Waals surface area contributed by atoms with Crippen LogP contribution < -0.4 is 15.2 Å². The zero-order chi connectivity index (χ0) is 21.8. The highest BCUT2D eigenvalue weighted by molar-refractivity contribution is 5.76. The molecule has 7 nitrogen and oxygen atoms in total. The van der Waals surface area contributed by atoms with Crippen LogP contribution in [0, 0.1) is 5.82 Å². The molecule has 1 aliphatic rings. The van der Waals surface area contributed by atoms with Gasteiger partial charge in [0.25, 0.3) is 5.56 Å². The van der Waals surface area contributed by atoms with E-state index in [2.05, 4.69) is 5.10 Å². The molecule has 2 heterocycles. The molecule has 0 bridgehead atoms. The van der Waals surface area contributed by atoms with Crippen LogP contribution in [0.25, 0.3) is 11.3 Å². The Hall–Kier alpha value is -3.68. The van der Waals surface area contributed by atoms with Gasteiger partial charge in [0.1, 0.15) is 18.1 Å². The fraction of sp³-hybridized carbons (Fsp3) is 0.261. The third-order valence-electron chi connectivity index (χ3n) is 5.36. The van der Waals surface area contributed by atoms with Gasteiger partial charge in [-0.1, -0.05) is 24.3 Å². The third-order valence-corrected chi connectivity index (χ3v) is 5.36. The molecule has 0 atom stereocenters. The fourth-order valence-corrected chi connectivity index (χ4v) is 3.70. The van der Waals surface area contributed by atoms with Crippen molar-refractivity contribution in [3.8, 4) is 17.0 Å². The van der Waals surface area contributed by atoms with Crippen LogP contribution in [0.15, 0.2) is 65.5 Å². The molecule has 2 aromatic carbocycles. The number of hydrogen-bond donors (Lipinski definition) is 0. The SMILES string of the molecule is COc1ccccc1-c1ccc(=O)n(CC(=O)N2CCN(c3ccccc3F)CC2)n1. The first-order valence-electron chi connectivity index (χ1n) is 10.1. The van der Waals surface area contributed by atoms with E-state index in [9.17, 15) is 14.0 Å². The molecule has 0 aliphatic carbocycles. The Morgan fingerprint density at radius 1 is 1.00 bits per heavy atom. The molecular weight excluding hydrogens is 399 g/mol. The van der Waals surface area contributed by atoms with Crippen molar-refractivity contribution in [1.82, 2.24) is 14.7 Å². The van der Waals surface area contributed by atoms with Crippen LogP contribution in [0.3, 0.4) is 0 Å². The first kappa shape index (κ1) is 20.6. The van der Waals surface area contributed by atoms with Crippen LogP contribution in [0.2, 0.25) is 0 Å². The molecule has 0 spiro atoms. The van der Waals surface area contributed by atoms with Crippen molar-refractivity contribution >= 4 is 11.6 Å². The molecule has 1 saturated heterocycles. The van der Waals surface area contributed by atoms with Gasteiger partial charge >= 0.3 is 0 Å². The maximum atomic E-state index is 14.0. The zero-order valence-corrected chi connectivity index (χ0v) is 17.2. The van der Waals surface area contributed by atoms with Crippen molar-refractivity contribution in [2.45, 2.75) is 6.54 Å². The van der Waals surface area contributed by atoms with Gasteiger partial charge < -0.3 is 14.5 Å². The summed E-state index contributed by atoms with van der Waals surface area (Å²) in [5, 5.41) is 4.38. The molecule has 1 amide bonds. The highest BCUT2D eigenvalue weighted by Crippen LogP contribution is 2.27. The molecule has 3 aromatic rings. The second-order valence-electron chi connectivity index (χ2n) is 7.23. The summed E-state index contributed by atoms with van der Waals surface area (Å²) < 4.78 is 20.6. The molecule has 0 unspecified atom stereocenters. The van der Waals surface area contributed by atoms with Gasteiger partial charge in [0, 0.05) is 37.8 Å². The minimum absolute atomic E-state index is 0.151. The van der Waals surface area contributed by atoms with E-state index in [0.717, 1.165) is 5.56 Å². The summed E-state index contributed by atoms with van der Waals surface area (Å²) in [7, 11) is 1.57. The monoisotopic (exact) mass is 422 g/mol. The standard InChI is InChI=1S/C23H23FN4O3/c1-31-21-9-5-2-6-17(21)19-10-11-22(29)28(25-19)16-23(30)27-14-12-26(13-15-27)20-8-4-3-7-18(20)24/h2-11H,12-16H2,1H3. The number of halogens is 1. The molecule has 8 heteroatoms. The highest BCUT2D eigenvalue weighted by Gasteiger charge is 2.23. The lowest BCUT2D eigenvalue weighted by Crippen LogP contribution is -2.50. The van der Waals surface area contributed by atoms with Crippen molar-refractivity contribution in [3.63, 3.8) is 0 Å². The Labute approximate surface area is 179 Å². The summed E-state index contributed by atoms with van der Waals surface area (Å²) in [6.45, 7) is 1.80. The van der Waals surface area contributed by atoms with Crippen LogP contribution >= 0.6 is 0 Å². The quantitative estimate of drug-likeness (QED) is 0.632. The van der Waals surface area contributed by atoms with Gasteiger partial charge in [0.05, 0.1) is 18.5 Å². The summed E-state index contributed by atoms with van der Waals surface area (Å²) in [6.07, 6.45) is 0. The van der Waals surface area contributed by atoms with Gasteiger partial charge in [0.2, 0.25) is 5.91 Å². The van der Waals surface area contributed by atoms with E-state index in [-0.39, 0.29) is 23.8 Å². The van der Waals surface area contributed by atoms with Crippen molar-refractivity contribution in [2.24, 2.45) is 0 Å². The Morgan fingerprint density at radius 2 is 1.71 bits per heavy atom. The number of methoxy groups -OCH3 is 1. The molecular formula is C23H23FN4O3. The summed E-state index contributed by atoms with van der Waals surface area (Å²) in [4.78, 5) is 28.7. The van der Waals surface area contributed by atoms with Gasteiger partial charge in [-0.2, -0.15) is 5.10 Å². The number of piperazine rings is 1.